The van der Waals surface area contributed by atoms with Crippen molar-refractivity contribution in [2.45, 2.75) is 142 Å². The molecule has 2 unspecified atom stereocenters. The number of rotatable bonds is 33. The van der Waals surface area contributed by atoms with Gasteiger partial charge in [-0.1, -0.05) is 108 Å². The van der Waals surface area contributed by atoms with Crippen molar-refractivity contribution in [1.29, 1.82) is 0 Å². The second-order valence-electron chi connectivity index (χ2n) is 13.2. The Labute approximate surface area is 283 Å². The molecule has 0 spiro atoms. The Kier molecular flexibility index (Phi) is 30.2. The zero-order chi connectivity index (χ0) is 34.2. The van der Waals surface area contributed by atoms with Crippen molar-refractivity contribution in [1.82, 2.24) is 0 Å². The van der Waals surface area contributed by atoms with E-state index < -0.39 is 13.9 Å². The molecule has 270 valence electrons. The van der Waals surface area contributed by atoms with Gasteiger partial charge in [0.05, 0.1) is 34.4 Å². The van der Waals surface area contributed by atoms with E-state index >= 15 is 0 Å². The molecule has 0 aromatic rings. The highest BCUT2D eigenvalue weighted by Gasteiger charge is 2.26. The summed E-state index contributed by atoms with van der Waals surface area (Å²) < 4.78 is 34.7. The number of ether oxygens (including phenoxy) is 2. The number of likely N-dealkylation sites (N-methyl/N-ethyl adjacent to an activating group) is 1. The number of hydrogen-bond donors (Lipinski definition) is 1. The lowest BCUT2D eigenvalue weighted by Gasteiger charge is -2.24. The van der Waals surface area contributed by atoms with Crippen LogP contribution in [-0.4, -0.2) is 75.6 Å². The highest BCUT2D eigenvalue weighted by atomic mass is 31.2. The zero-order valence-electron chi connectivity index (χ0n) is 30.3. The molecule has 0 aliphatic rings. The number of esters is 1. The largest absolute Gasteiger partial charge is 0.472 e. The van der Waals surface area contributed by atoms with Crippen LogP contribution in [0, 0.1) is 0 Å². The Morgan fingerprint density at radius 1 is 0.674 bits per heavy atom. The van der Waals surface area contributed by atoms with Crippen LogP contribution < -0.4 is 0 Å². The molecular weight excluding hydrogens is 601 g/mol. The van der Waals surface area contributed by atoms with E-state index in [0.29, 0.717) is 24.1 Å². The molecule has 0 aromatic carbocycles. The van der Waals surface area contributed by atoms with E-state index in [2.05, 4.69) is 50.3 Å². The van der Waals surface area contributed by atoms with Crippen LogP contribution in [0.5, 0.6) is 0 Å². The summed E-state index contributed by atoms with van der Waals surface area (Å²) in [5.74, 6) is -0.334. The number of allylic oxidation sites excluding steroid dienone is 6. The molecule has 0 aromatic heterocycles. The van der Waals surface area contributed by atoms with Crippen molar-refractivity contribution in [3.8, 4) is 0 Å². The highest BCUT2D eigenvalue weighted by Crippen LogP contribution is 2.43. The molecule has 0 bridgehead atoms. The molecule has 0 saturated carbocycles. The molecule has 0 aliphatic carbocycles. The second-order valence-corrected chi connectivity index (χ2v) is 14.7. The van der Waals surface area contributed by atoms with Crippen molar-refractivity contribution < 1.29 is 37.3 Å². The Hall–Kier alpha value is -1.28. The van der Waals surface area contributed by atoms with Crippen molar-refractivity contribution in [2.75, 3.05) is 54.1 Å². The summed E-state index contributed by atoms with van der Waals surface area (Å²) in [6, 6.07) is 0. The van der Waals surface area contributed by atoms with E-state index in [4.69, 9.17) is 18.5 Å². The standard InChI is InChI=1S/C37H70NO7P/c1-6-8-10-12-14-16-18-19-20-22-24-26-28-30-37(39)45-36(35-44-46(40,41)43-33-31-38(3,4)5)34-42-32-29-27-25-23-21-17-15-13-11-9-7-2/h10-13,16,18,36H,6-9,14-15,17,19-35H2,1-5H3/p+1/b12-10-,13-11-,18-16-. The van der Waals surface area contributed by atoms with Crippen LogP contribution in [0.2, 0.25) is 0 Å². The van der Waals surface area contributed by atoms with E-state index in [1.165, 1.54) is 51.4 Å². The van der Waals surface area contributed by atoms with Crippen LogP contribution in [0.15, 0.2) is 36.5 Å². The van der Waals surface area contributed by atoms with Crippen molar-refractivity contribution in [3.05, 3.63) is 36.5 Å². The number of unbranched alkanes of at least 4 members (excludes halogenated alkanes) is 13. The SMILES string of the molecule is CCC/C=C\C/C=C\CCCCCCCC(=O)OC(COCCCCCCCC/C=C\CCC)COP(=O)(O)OCC[N+](C)(C)C. The number of carbonyl (C=O) groups is 1. The molecule has 0 amide bonds. The molecular formula is C37H71NO7P+. The van der Waals surface area contributed by atoms with Gasteiger partial charge in [-0.15, -0.1) is 0 Å². The summed E-state index contributed by atoms with van der Waals surface area (Å²) in [6.45, 7) is 5.45. The molecule has 0 heterocycles. The van der Waals surface area contributed by atoms with Crippen LogP contribution in [0.1, 0.15) is 136 Å². The van der Waals surface area contributed by atoms with Crippen LogP contribution in [0.3, 0.4) is 0 Å². The third-order valence-corrected chi connectivity index (χ3v) is 8.37. The smallest absolute Gasteiger partial charge is 0.457 e. The molecule has 9 heteroatoms. The number of nitrogens with zero attached hydrogens (tertiary/aromatic N) is 1. The van der Waals surface area contributed by atoms with Crippen LogP contribution in [0.25, 0.3) is 0 Å². The van der Waals surface area contributed by atoms with Gasteiger partial charge in [-0.05, 0) is 57.8 Å². The first kappa shape index (κ1) is 44.7. The van der Waals surface area contributed by atoms with Gasteiger partial charge in [0.2, 0.25) is 0 Å². The van der Waals surface area contributed by atoms with Gasteiger partial charge in [-0.25, -0.2) is 4.57 Å². The van der Waals surface area contributed by atoms with E-state index in [0.717, 1.165) is 64.2 Å². The Morgan fingerprint density at radius 3 is 1.80 bits per heavy atom. The first-order valence-corrected chi connectivity index (χ1v) is 19.7. The van der Waals surface area contributed by atoms with Crippen LogP contribution in [-0.2, 0) is 27.9 Å². The topological polar surface area (TPSA) is 91.3 Å². The normalized spacial score (nSPS) is 14.5. The summed E-state index contributed by atoms with van der Waals surface area (Å²) in [4.78, 5) is 22.7. The molecule has 0 fully saturated rings. The maximum Gasteiger partial charge on any atom is 0.472 e. The number of phosphoric acid groups is 1. The summed E-state index contributed by atoms with van der Waals surface area (Å²) in [6.07, 6.45) is 33.1. The molecule has 46 heavy (non-hydrogen) atoms. The molecule has 1 N–H and O–H groups in total. The minimum Gasteiger partial charge on any atom is -0.457 e. The van der Waals surface area contributed by atoms with E-state index in [1.807, 2.05) is 21.1 Å². The molecule has 0 rings (SSSR count). The van der Waals surface area contributed by atoms with Crippen molar-refractivity contribution in [3.63, 3.8) is 0 Å². The van der Waals surface area contributed by atoms with Crippen LogP contribution >= 0.6 is 7.82 Å². The molecule has 0 radical (unpaired) electrons. The van der Waals surface area contributed by atoms with Gasteiger partial charge in [-0.2, -0.15) is 0 Å². The third kappa shape index (κ3) is 34.1. The fourth-order valence-corrected chi connectivity index (χ4v) is 5.27. The number of phosphoric ester groups is 1. The first-order valence-electron chi connectivity index (χ1n) is 18.2. The fourth-order valence-electron chi connectivity index (χ4n) is 4.53. The van der Waals surface area contributed by atoms with Crippen molar-refractivity contribution >= 4 is 13.8 Å². The van der Waals surface area contributed by atoms with Gasteiger partial charge in [0.15, 0.2) is 0 Å². The summed E-state index contributed by atoms with van der Waals surface area (Å²) in [5.41, 5.74) is 0. The Balaban J connectivity index is 4.37. The zero-order valence-corrected chi connectivity index (χ0v) is 31.2. The van der Waals surface area contributed by atoms with Gasteiger partial charge in [0.25, 0.3) is 0 Å². The quantitative estimate of drug-likeness (QED) is 0.0244. The third-order valence-electron chi connectivity index (χ3n) is 7.39. The maximum absolute atomic E-state index is 12.6. The average Bonchev–Trinajstić information content (AvgIpc) is 2.99. The lowest BCUT2D eigenvalue weighted by Crippen LogP contribution is -2.37. The van der Waals surface area contributed by atoms with Crippen LogP contribution in [0.4, 0.5) is 0 Å². The Bertz CT molecular complexity index is 838. The summed E-state index contributed by atoms with van der Waals surface area (Å²) in [7, 11) is 1.65. The Morgan fingerprint density at radius 2 is 1.20 bits per heavy atom. The predicted octanol–water partition coefficient (Wildman–Crippen LogP) is 9.87. The minimum atomic E-state index is -4.27. The lowest BCUT2D eigenvalue weighted by atomic mass is 10.1. The predicted molar refractivity (Wildman–Crippen MR) is 192 cm³/mol. The molecule has 8 nitrogen and oxygen atoms in total. The number of quaternary nitrogens is 1. The van der Waals surface area contributed by atoms with Gasteiger partial charge < -0.3 is 18.9 Å². The van der Waals surface area contributed by atoms with Gasteiger partial charge in [0, 0.05) is 13.0 Å². The molecule has 2 atom stereocenters. The molecule has 0 saturated heterocycles. The molecule has 0 aliphatic heterocycles. The van der Waals surface area contributed by atoms with E-state index in [-0.39, 0.29) is 25.8 Å². The van der Waals surface area contributed by atoms with E-state index in [9.17, 15) is 14.3 Å². The summed E-state index contributed by atoms with van der Waals surface area (Å²) >= 11 is 0. The monoisotopic (exact) mass is 672 g/mol. The highest BCUT2D eigenvalue weighted by molar-refractivity contribution is 7.47. The second kappa shape index (κ2) is 31.0. The average molecular weight is 673 g/mol. The van der Waals surface area contributed by atoms with Gasteiger partial charge in [-0.3, -0.25) is 13.8 Å². The van der Waals surface area contributed by atoms with Gasteiger partial charge >= 0.3 is 13.8 Å². The summed E-state index contributed by atoms with van der Waals surface area (Å²) in [5, 5.41) is 0. The van der Waals surface area contributed by atoms with E-state index in [1.54, 1.807) is 0 Å². The van der Waals surface area contributed by atoms with Gasteiger partial charge in [0.1, 0.15) is 19.3 Å². The maximum atomic E-state index is 12.6. The number of hydrogen-bond acceptors (Lipinski definition) is 6. The lowest BCUT2D eigenvalue weighted by molar-refractivity contribution is -0.870. The minimum absolute atomic E-state index is 0.0838. The van der Waals surface area contributed by atoms with Crippen molar-refractivity contribution in [2.24, 2.45) is 0 Å². The number of carbonyl (C=O) groups excluding carboxylic acids is 1. The fraction of sp³-hybridized carbons (Fsp3) is 0.811. The first-order chi connectivity index (χ1) is 22.1.